The minimum atomic E-state index is -0.334. The predicted molar refractivity (Wildman–Crippen MR) is 143 cm³/mol. The second-order valence-corrected chi connectivity index (χ2v) is 9.35. The molecular weight excluding hydrogens is 538 g/mol. The smallest absolute Gasteiger partial charge is 0.255 e. The fourth-order valence-electron chi connectivity index (χ4n) is 3.94. The van der Waals surface area contributed by atoms with E-state index in [1.165, 1.54) is 0 Å². The van der Waals surface area contributed by atoms with E-state index in [2.05, 4.69) is 21.2 Å². The minimum absolute atomic E-state index is 0.111. The van der Waals surface area contributed by atoms with Gasteiger partial charge in [-0.2, -0.15) is 0 Å². The third kappa shape index (κ3) is 6.89. The Labute approximate surface area is 224 Å². The molecule has 3 aromatic rings. The van der Waals surface area contributed by atoms with Crippen molar-refractivity contribution in [2.75, 3.05) is 39.8 Å². The lowest BCUT2D eigenvalue weighted by molar-refractivity contribution is -0.131. The Kier molecular flexibility index (Phi) is 8.79. The molecule has 1 N–H and O–H groups in total. The molecule has 0 radical (unpaired) electrons. The molecule has 1 fully saturated rings. The molecule has 1 heterocycles. The zero-order chi connectivity index (χ0) is 26.2. The third-order valence-corrected chi connectivity index (χ3v) is 6.78. The standard InChI is InChI=1S/C28H28BrN3O5/c1-36-23-11-12-25(29)24(17-23)28(35)32-15-13-31(14-16-32)26(33)18-30-27(34)21-7-9-22(10-8-21)37-19-20-5-3-2-4-6-20/h2-12,17H,13-16,18-19H2,1H3,(H,30,34). The first-order valence-electron chi connectivity index (χ1n) is 11.9. The van der Waals surface area contributed by atoms with E-state index in [4.69, 9.17) is 9.47 Å². The topological polar surface area (TPSA) is 88.2 Å². The predicted octanol–water partition coefficient (Wildman–Crippen LogP) is 3.75. The molecule has 1 saturated heterocycles. The van der Waals surface area contributed by atoms with Crippen molar-refractivity contribution in [1.29, 1.82) is 0 Å². The summed E-state index contributed by atoms with van der Waals surface area (Å²) in [6.45, 7) is 1.95. The maximum absolute atomic E-state index is 12.9. The quantitative estimate of drug-likeness (QED) is 0.449. The van der Waals surface area contributed by atoms with Gasteiger partial charge in [-0.05, 0) is 64.0 Å². The van der Waals surface area contributed by atoms with E-state index in [-0.39, 0.29) is 24.3 Å². The highest BCUT2D eigenvalue weighted by molar-refractivity contribution is 9.10. The molecule has 0 bridgehead atoms. The molecule has 0 atom stereocenters. The lowest BCUT2D eigenvalue weighted by atomic mass is 10.1. The van der Waals surface area contributed by atoms with Crippen LogP contribution in [0.5, 0.6) is 11.5 Å². The first-order chi connectivity index (χ1) is 17.9. The summed E-state index contributed by atoms with van der Waals surface area (Å²) in [6.07, 6.45) is 0. The summed E-state index contributed by atoms with van der Waals surface area (Å²) in [5, 5.41) is 2.68. The molecule has 1 aliphatic heterocycles. The van der Waals surface area contributed by atoms with Crippen LogP contribution in [0, 0.1) is 0 Å². The lowest BCUT2D eigenvalue weighted by Crippen LogP contribution is -2.52. The number of carbonyl (C=O) groups excluding carboxylic acids is 3. The van der Waals surface area contributed by atoms with Gasteiger partial charge in [0.05, 0.1) is 19.2 Å². The van der Waals surface area contributed by atoms with Gasteiger partial charge < -0.3 is 24.6 Å². The van der Waals surface area contributed by atoms with E-state index in [9.17, 15) is 14.4 Å². The maximum Gasteiger partial charge on any atom is 0.255 e. The number of rotatable bonds is 8. The van der Waals surface area contributed by atoms with Gasteiger partial charge in [-0.25, -0.2) is 0 Å². The summed E-state index contributed by atoms with van der Waals surface area (Å²) < 4.78 is 11.7. The second kappa shape index (κ2) is 12.4. The Hall–Kier alpha value is -3.85. The summed E-state index contributed by atoms with van der Waals surface area (Å²) >= 11 is 3.42. The van der Waals surface area contributed by atoms with Crippen molar-refractivity contribution in [2.24, 2.45) is 0 Å². The average molecular weight is 566 g/mol. The molecule has 9 heteroatoms. The number of nitrogens with one attached hydrogen (secondary N) is 1. The van der Waals surface area contributed by atoms with Crippen LogP contribution in [0.2, 0.25) is 0 Å². The van der Waals surface area contributed by atoms with Gasteiger partial charge in [-0.15, -0.1) is 0 Å². The molecule has 0 aromatic heterocycles. The number of carbonyl (C=O) groups is 3. The molecule has 4 rings (SSSR count). The Morgan fingerprint density at radius 1 is 0.865 bits per heavy atom. The van der Waals surface area contributed by atoms with Crippen molar-refractivity contribution < 1.29 is 23.9 Å². The summed E-state index contributed by atoms with van der Waals surface area (Å²) in [7, 11) is 1.55. The van der Waals surface area contributed by atoms with Crippen LogP contribution in [0.3, 0.4) is 0 Å². The van der Waals surface area contributed by atoms with Crippen LogP contribution in [-0.4, -0.2) is 67.4 Å². The van der Waals surface area contributed by atoms with Crippen LogP contribution in [0.25, 0.3) is 0 Å². The number of ether oxygens (including phenoxy) is 2. The molecule has 192 valence electrons. The van der Waals surface area contributed by atoms with Crippen LogP contribution in [-0.2, 0) is 11.4 Å². The Morgan fingerprint density at radius 3 is 2.19 bits per heavy atom. The van der Waals surface area contributed by atoms with Crippen molar-refractivity contribution in [3.05, 3.63) is 94.0 Å². The first-order valence-corrected chi connectivity index (χ1v) is 12.7. The fraction of sp³-hybridized carbons (Fsp3) is 0.250. The first kappa shape index (κ1) is 26.2. The lowest BCUT2D eigenvalue weighted by Gasteiger charge is -2.35. The van der Waals surface area contributed by atoms with Gasteiger partial charge in [0.15, 0.2) is 0 Å². The number of amides is 3. The zero-order valence-corrected chi connectivity index (χ0v) is 22.1. The molecule has 8 nitrogen and oxygen atoms in total. The van der Waals surface area contributed by atoms with Crippen LogP contribution >= 0.6 is 15.9 Å². The molecule has 0 saturated carbocycles. The number of benzene rings is 3. The van der Waals surface area contributed by atoms with E-state index < -0.39 is 0 Å². The van der Waals surface area contributed by atoms with Crippen LogP contribution < -0.4 is 14.8 Å². The summed E-state index contributed by atoms with van der Waals surface area (Å²) in [5.41, 5.74) is 2.02. The zero-order valence-electron chi connectivity index (χ0n) is 20.5. The van der Waals surface area contributed by atoms with E-state index in [1.54, 1.807) is 59.4 Å². The van der Waals surface area contributed by atoms with E-state index in [0.717, 1.165) is 5.56 Å². The number of methoxy groups -OCH3 is 1. The van der Waals surface area contributed by atoms with Crippen molar-refractivity contribution >= 4 is 33.7 Å². The van der Waals surface area contributed by atoms with Crippen LogP contribution in [0.15, 0.2) is 77.3 Å². The molecule has 0 aliphatic carbocycles. The Morgan fingerprint density at radius 2 is 1.51 bits per heavy atom. The summed E-state index contributed by atoms with van der Waals surface area (Å²) in [5.74, 6) is 0.614. The van der Waals surface area contributed by atoms with E-state index >= 15 is 0 Å². The molecule has 1 aliphatic rings. The van der Waals surface area contributed by atoms with Gasteiger partial charge in [-0.1, -0.05) is 30.3 Å². The Bertz CT molecular complexity index is 1240. The fourth-order valence-corrected chi connectivity index (χ4v) is 4.35. The molecule has 0 unspecified atom stereocenters. The van der Waals surface area contributed by atoms with Gasteiger partial charge >= 0.3 is 0 Å². The third-order valence-electron chi connectivity index (χ3n) is 6.09. The number of hydrogen-bond donors (Lipinski definition) is 1. The monoisotopic (exact) mass is 565 g/mol. The van der Waals surface area contributed by atoms with Crippen molar-refractivity contribution in [3.63, 3.8) is 0 Å². The molecule has 0 spiro atoms. The van der Waals surface area contributed by atoms with Gasteiger partial charge in [0.25, 0.3) is 11.8 Å². The van der Waals surface area contributed by atoms with Gasteiger partial charge in [0, 0.05) is 36.2 Å². The second-order valence-electron chi connectivity index (χ2n) is 8.50. The highest BCUT2D eigenvalue weighted by atomic mass is 79.9. The highest BCUT2D eigenvalue weighted by Gasteiger charge is 2.26. The largest absolute Gasteiger partial charge is 0.497 e. The van der Waals surface area contributed by atoms with Crippen molar-refractivity contribution in [1.82, 2.24) is 15.1 Å². The number of hydrogen-bond acceptors (Lipinski definition) is 5. The van der Waals surface area contributed by atoms with Gasteiger partial charge in [-0.3, -0.25) is 14.4 Å². The summed E-state index contributed by atoms with van der Waals surface area (Å²) in [4.78, 5) is 41.5. The average Bonchev–Trinajstić information content (AvgIpc) is 2.95. The number of piperazine rings is 1. The van der Waals surface area contributed by atoms with E-state index in [0.29, 0.717) is 59.9 Å². The van der Waals surface area contributed by atoms with Crippen molar-refractivity contribution in [3.8, 4) is 11.5 Å². The molecule has 3 amide bonds. The minimum Gasteiger partial charge on any atom is -0.497 e. The van der Waals surface area contributed by atoms with Crippen LogP contribution in [0.4, 0.5) is 0 Å². The molecular formula is C28H28BrN3O5. The molecule has 37 heavy (non-hydrogen) atoms. The molecule has 3 aromatic carbocycles. The Balaban J connectivity index is 1.22. The van der Waals surface area contributed by atoms with Gasteiger partial charge in [0.1, 0.15) is 18.1 Å². The maximum atomic E-state index is 12.9. The SMILES string of the molecule is COc1ccc(Br)c(C(=O)N2CCN(C(=O)CNC(=O)c3ccc(OCc4ccccc4)cc3)CC2)c1. The van der Waals surface area contributed by atoms with Crippen molar-refractivity contribution in [2.45, 2.75) is 6.61 Å². The highest BCUT2D eigenvalue weighted by Crippen LogP contribution is 2.24. The number of halogens is 1. The van der Waals surface area contributed by atoms with Crippen LogP contribution in [0.1, 0.15) is 26.3 Å². The van der Waals surface area contributed by atoms with Gasteiger partial charge in [0.2, 0.25) is 5.91 Å². The number of nitrogens with zero attached hydrogens (tertiary/aromatic N) is 2. The van der Waals surface area contributed by atoms with E-state index in [1.807, 2.05) is 30.3 Å². The summed E-state index contributed by atoms with van der Waals surface area (Å²) in [6, 6.07) is 21.9. The normalized spacial score (nSPS) is 13.1.